The van der Waals surface area contributed by atoms with Crippen molar-refractivity contribution in [3.8, 4) is 11.3 Å². The molecule has 2 aromatic heterocycles. The number of carbonyl (C=O) groups is 2. The number of carbonyl (C=O) groups excluding carboxylic acids is 2. The summed E-state index contributed by atoms with van der Waals surface area (Å²) in [6.07, 6.45) is -0.927. The molecule has 1 aliphatic rings. The summed E-state index contributed by atoms with van der Waals surface area (Å²) < 4.78 is 61.5. The second-order valence-electron chi connectivity index (χ2n) is 14.1. The Bertz CT molecular complexity index is 1560. The van der Waals surface area contributed by atoms with Crippen LogP contribution in [0.3, 0.4) is 0 Å². The van der Waals surface area contributed by atoms with Crippen LogP contribution in [0, 0.1) is 0 Å². The van der Waals surface area contributed by atoms with Gasteiger partial charge in [-0.15, -0.1) is 0 Å². The summed E-state index contributed by atoms with van der Waals surface area (Å²) in [6.45, 7) is 13.6. The van der Waals surface area contributed by atoms with Crippen molar-refractivity contribution in [2.45, 2.75) is 96.7 Å². The molecule has 0 bridgehead atoms. The number of likely N-dealkylation sites (tertiary alicyclic amines) is 1. The van der Waals surface area contributed by atoms with Gasteiger partial charge in [0.25, 0.3) is 0 Å². The van der Waals surface area contributed by atoms with Crippen molar-refractivity contribution in [3.05, 3.63) is 41.7 Å². The van der Waals surface area contributed by atoms with E-state index in [9.17, 15) is 22.8 Å². The van der Waals surface area contributed by atoms with Crippen LogP contribution in [0.2, 0.25) is 25.7 Å². The average molecular weight is 678 g/mol. The highest BCUT2D eigenvalue weighted by atomic mass is 28.3. The van der Waals surface area contributed by atoms with E-state index in [1.165, 1.54) is 7.11 Å². The molecule has 258 valence electrons. The highest BCUT2D eigenvalue weighted by Crippen LogP contribution is 2.40. The molecule has 1 fully saturated rings. The molecule has 1 saturated heterocycles. The fraction of sp³-hybridized carbons (Fsp3) is 0.576. The first-order chi connectivity index (χ1) is 21.9. The molecule has 1 atom stereocenters. The van der Waals surface area contributed by atoms with Gasteiger partial charge in [-0.2, -0.15) is 13.2 Å². The molecule has 3 heterocycles. The van der Waals surface area contributed by atoms with Crippen LogP contribution < -0.4 is 5.32 Å². The van der Waals surface area contributed by atoms with E-state index in [1.54, 1.807) is 48.6 Å². The Morgan fingerprint density at radius 1 is 1.15 bits per heavy atom. The lowest BCUT2D eigenvalue weighted by atomic mass is 10.0. The van der Waals surface area contributed by atoms with Crippen LogP contribution in [-0.2, 0) is 38.3 Å². The quantitative estimate of drug-likeness (QED) is 0.128. The van der Waals surface area contributed by atoms with Gasteiger partial charge >= 0.3 is 18.2 Å². The van der Waals surface area contributed by atoms with Gasteiger partial charge in [-0.3, -0.25) is 4.79 Å². The van der Waals surface area contributed by atoms with Gasteiger partial charge in [0.1, 0.15) is 17.9 Å². The van der Waals surface area contributed by atoms with Crippen molar-refractivity contribution in [2.75, 3.05) is 32.1 Å². The fourth-order valence-electron chi connectivity index (χ4n) is 5.44. The van der Waals surface area contributed by atoms with E-state index in [0.717, 1.165) is 17.8 Å². The first-order valence-corrected chi connectivity index (χ1v) is 19.6. The summed E-state index contributed by atoms with van der Waals surface area (Å²) in [4.78, 5) is 34.7. The molecule has 0 saturated carbocycles. The second kappa shape index (κ2) is 14.6. The Hall–Kier alpha value is -3.65. The number of anilines is 1. The number of alkyl halides is 3. The zero-order valence-electron chi connectivity index (χ0n) is 28.3. The lowest BCUT2D eigenvalue weighted by Gasteiger charge is -2.34. The molecule has 0 radical (unpaired) electrons. The van der Waals surface area contributed by atoms with Crippen LogP contribution in [0.4, 0.5) is 23.9 Å². The number of rotatable bonds is 11. The smallest absolute Gasteiger partial charge is 0.419 e. The standard InChI is InChI=1S/C33H46F3N5O5Si/c1-32(2,3)46-31(43)40-15-9-11-23(19-40)38-30-37-18-26(33(34,35)36)28(39-30)25-20-41(21-45-16-17-47(5,6)7)29-22(10-8-12-24(25)29)13-14-27(42)44-4/h8,10,12,18,20,23H,9,11,13-17,19,21H2,1-7H3,(H,37,38,39)/t23-/m0/s1. The number of esters is 1. The van der Waals surface area contributed by atoms with Gasteiger partial charge in [-0.1, -0.05) is 37.8 Å². The maximum Gasteiger partial charge on any atom is 0.419 e. The summed E-state index contributed by atoms with van der Waals surface area (Å²) in [5.41, 5.74) is -0.183. The Balaban J connectivity index is 1.72. The van der Waals surface area contributed by atoms with E-state index in [2.05, 4.69) is 34.9 Å². The zero-order valence-corrected chi connectivity index (χ0v) is 29.3. The van der Waals surface area contributed by atoms with Crippen LogP contribution in [-0.4, -0.2) is 78.0 Å². The molecule has 0 unspecified atom stereocenters. The SMILES string of the molecule is COC(=O)CCc1cccc2c(-c3nc(N[C@H]4CCCN(C(=O)OC(C)(C)C)C4)ncc3C(F)(F)F)cn(COCC[Si](C)(C)C)c12. The van der Waals surface area contributed by atoms with Gasteiger partial charge in [-0.05, 0) is 51.6 Å². The number of amides is 1. The number of hydrogen-bond donors (Lipinski definition) is 1. The number of nitrogens with one attached hydrogen (secondary N) is 1. The number of para-hydroxylation sites is 1. The molecule has 47 heavy (non-hydrogen) atoms. The van der Waals surface area contributed by atoms with Gasteiger partial charge in [-0.25, -0.2) is 14.8 Å². The zero-order chi connectivity index (χ0) is 34.6. The largest absolute Gasteiger partial charge is 0.469 e. The molecule has 3 aromatic rings. The number of aryl methyl sites for hydroxylation is 1. The van der Waals surface area contributed by atoms with Gasteiger partial charge in [0.15, 0.2) is 0 Å². The third-order valence-corrected chi connectivity index (χ3v) is 9.49. The van der Waals surface area contributed by atoms with E-state index >= 15 is 0 Å². The van der Waals surface area contributed by atoms with Crippen molar-refractivity contribution < 1.29 is 37.0 Å². The van der Waals surface area contributed by atoms with Gasteiger partial charge in [0, 0.05) is 63.6 Å². The minimum absolute atomic E-state index is 0.0261. The average Bonchev–Trinajstić information content (AvgIpc) is 3.35. The van der Waals surface area contributed by atoms with Crippen LogP contribution in [0.15, 0.2) is 30.6 Å². The molecule has 1 N–H and O–H groups in total. The maximum absolute atomic E-state index is 14.5. The molecule has 10 nitrogen and oxygen atoms in total. The molecule has 0 spiro atoms. The van der Waals surface area contributed by atoms with E-state index in [-0.39, 0.29) is 42.4 Å². The second-order valence-corrected chi connectivity index (χ2v) is 19.7. The lowest BCUT2D eigenvalue weighted by molar-refractivity contribution is -0.140. The molecule has 14 heteroatoms. The van der Waals surface area contributed by atoms with Crippen LogP contribution in [0.5, 0.6) is 0 Å². The Morgan fingerprint density at radius 3 is 2.55 bits per heavy atom. The number of halogens is 3. The highest BCUT2D eigenvalue weighted by molar-refractivity contribution is 6.76. The van der Waals surface area contributed by atoms with Crippen LogP contribution >= 0.6 is 0 Å². The number of methoxy groups -OCH3 is 1. The number of nitrogens with zero attached hydrogens (tertiary/aromatic N) is 4. The summed E-state index contributed by atoms with van der Waals surface area (Å²) in [5, 5.41) is 3.71. The number of aromatic nitrogens is 3. The van der Waals surface area contributed by atoms with Crippen molar-refractivity contribution >= 4 is 37.0 Å². The predicted octanol–water partition coefficient (Wildman–Crippen LogP) is 7.35. The van der Waals surface area contributed by atoms with Crippen molar-refractivity contribution in [1.82, 2.24) is 19.4 Å². The van der Waals surface area contributed by atoms with E-state index in [4.69, 9.17) is 14.2 Å². The Labute approximate surface area is 275 Å². The van der Waals surface area contributed by atoms with E-state index in [1.807, 2.05) is 6.07 Å². The van der Waals surface area contributed by atoms with Crippen molar-refractivity contribution in [2.24, 2.45) is 0 Å². The third kappa shape index (κ3) is 9.92. The van der Waals surface area contributed by atoms with Crippen LogP contribution in [0.25, 0.3) is 22.2 Å². The number of fused-ring (bicyclic) bond motifs is 1. The monoisotopic (exact) mass is 677 g/mol. The predicted molar refractivity (Wildman–Crippen MR) is 177 cm³/mol. The van der Waals surface area contributed by atoms with E-state index in [0.29, 0.717) is 49.9 Å². The molecule has 1 aliphatic heterocycles. The topological polar surface area (TPSA) is 108 Å². The molecule has 1 amide bonds. The lowest BCUT2D eigenvalue weighted by Crippen LogP contribution is -2.47. The summed E-state index contributed by atoms with van der Waals surface area (Å²) in [6, 6.07) is 6.01. The first-order valence-electron chi connectivity index (χ1n) is 15.9. The Morgan fingerprint density at radius 2 is 1.89 bits per heavy atom. The number of ether oxygens (including phenoxy) is 3. The van der Waals surface area contributed by atoms with Crippen molar-refractivity contribution in [1.29, 1.82) is 0 Å². The number of hydrogen-bond acceptors (Lipinski definition) is 8. The minimum atomic E-state index is -4.73. The molecular weight excluding hydrogens is 631 g/mol. The minimum Gasteiger partial charge on any atom is -0.469 e. The maximum atomic E-state index is 14.5. The molecule has 0 aliphatic carbocycles. The molecule has 1 aromatic carbocycles. The fourth-order valence-corrected chi connectivity index (χ4v) is 6.20. The van der Waals surface area contributed by atoms with Gasteiger partial charge in [0.05, 0.1) is 18.3 Å². The third-order valence-electron chi connectivity index (χ3n) is 7.79. The molecular formula is C33H46F3N5O5Si. The van der Waals surface area contributed by atoms with Gasteiger partial charge in [0.2, 0.25) is 5.95 Å². The number of piperidine rings is 1. The molecule has 4 rings (SSSR count). The van der Waals surface area contributed by atoms with Crippen LogP contribution in [0.1, 0.15) is 51.2 Å². The summed E-state index contributed by atoms with van der Waals surface area (Å²) in [5.74, 6) is -0.358. The Kier molecular flexibility index (Phi) is 11.3. The number of benzene rings is 1. The van der Waals surface area contributed by atoms with Gasteiger partial charge < -0.3 is 29.0 Å². The highest BCUT2D eigenvalue weighted by Gasteiger charge is 2.37. The summed E-state index contributed by atoms with van der Waals surface area (Å²) >= 11 is 0. The summed E-state index contributed by atoms with van der Waals surface area (Å²) in [7, 11) is -0.0579. The normalized spacial score (nSPS) is 16.0. The van der Waals surface area contributed by atoms with Crippen molar-refractivity contribution in [3.63, 3.8) is 0 Å². The van der Waals surface area contributed by atoms with E-state index < -0.39 is 31.5 Å². The first kappa shape index (κ1) is 36.2.